The molecule has 0 aromatic heterocycles. The number of methoxy groups -OCH3 is 1. The van der Waals surface area contributed by atoms with Crippen molar-refractivity contribution in [3.8, 4) is 5.75 Å². The van der Waals surface area contributed by atoms with Crippen LogP contribution in [-0.2, 0) is 14.9 Å². The number of hydrogen-bond acceptors (Lipinski definition) is 3. The molecule has 2 atom stereocenters. The van der Waals surface area contributed by atoms with Crippen LogP contribution in [0.4, 0.5) is 0 Å². The molecular weight excluding hydrogens is 378 g/mol. The molecule has 0 radical (unpaired) electrons. The molecule has 0 spiro atoms. The molecule has 1 fully saturated rings. The van der Waals surface area contributed by atoms with Gasteiger partial charge in [-0.2, -0.15) is 0 Å². The summed E-state index contributed by atoms with van der Waals surface area (Å²) in [6, 6.07) is 8.33. The fourth-order valence-electron chi connectivity index (χ4n) is 4.58. The largest absolute Gasteiger partial charge is 0.496 e. The van der Waals surface area contributed by atoms with Crippen molar-refractivity contribution in [1.82, 2.24) is 5.32 Å². The lowest BCUT2D eigenvalue weighted by atomic mass is 9.66. The molecule has 0 bridgehead atoms. The Morgan fingerprint density at radius 1 is 1.33 bits per heavy atom. The molecule has 6 nitrogen and oxygen atoms in total. The van der Waals surface area contributed by atoms with Crippen LogP contribution < -0.4 is 20.3 Å². The van der Waals surface area contributed by atoms with E-state index in [2.05, 4.69) is 50.7 Å². The maximum atomic E-state index is 12.3. The number of ether oxygens (including phenoxy) is 2. The first kappa shape index (κ1) is 24.6. The highest BCUT2D eigenvalue weighted by molar-refractivity contribution is 5.76. The fourth-order valence-corrected chi connectivity index (χ4v) is 4.58. The van der Waals surface area contributed by atoms with E-state index < -0.39 is 0 Å². The highest BCUT2D eigenvalue weighted by atomic mass is 16.5. The minimum Gasteiger partial charge on any atom is -0.496 e. The van der Waals surface area contributed by atoms with E-state index in [-0.39, 0.29) is 16.9 Å². The third kappa shape index (κ3) is 6.96. The normalized spacial score (nSPS) is 24.1. The second-order valence-electron chi connectivity index (χ2n) is 9.25. The zero-order valence-corrected chi connectivity index (χ0v) is 19.7. The Balaban J connectivity index is 1.99. The molecule has 1 aliphatic rings. The number of benzene rings is 1. The van der Waals surface area contributed by atoms with Crippen LogP contribution in [-0.4, -0.2) is 65.5 Å². The quantitative estimate of drug-likeness (QED) is 0.431. The van der Waals surface area contributed by atoms with Crippen LogP contribution in [0.3, 0.4) is 0 Å². The summed E-state index contributed by atoms with van der Waals surface area (Å²) in [7, 11) is 6.05. The van der Waals surface area contributed by atoms with E-state index in [0.717, 1.165) is 57.6 Å². The third-order valence-electron chi connectivity index (χ3n) is 6.51. The van der Waals surface area contributed by atoms with E-state index in [1.807, 2.05) is 12.1 Å². The number of nitrogens with one attached hydrogen (secondary N) is 2. The number of quaternary nitrogens is 2. The van der Waals surface area contributed by atoms with Crippen LogP contribution in [0.1, 0.15) is 51.5 Å². The summed E-state index contributed by atoms with van der Waals surface area (Å²) in [5, 5.41) is 5.26. The number of carbonyl (C=O) groups is 1. The van der Waals surface area contributed by atoms with Crippen LogP contribution >= 0.6 is 0 Å². The summed E-state index contributed by atoms with van der Waals surface area (Å²) in [6.07, 6.45) is 4.87. The number of nitrogens with two attached hydrogens (primary N) is 1. The van der Waals surface area contributed by atoms with E-state index in [9.17, 15) is 4.79 Å². The summed E-state index contributed by atoms with van der Waals surface area (Å²) in [5.41, 5.74) is 1.04. The second kappa shape index (κ2) is 11.7. The minimum absolute atomic E-state index is 0.0545. The van der Waals surface area contributed by atoms with Crippen LogP contribution in [0.25, 0.3) is 0 Å². The Hall–Kier alpha value is -1.63. The van der Waals surface area contributed by atoms with E-state index in [1.54, 1.807) is 7.11 Å². The van der Waals surface area contributed by atoms with Gasteiger partial charge in [-0.3, -0.25) is 4.79 Å². The lowest BCUT2D eigenvalue weighted by Crippen LogP contribution is -3.06. The molecule has 0 aliphatic carbocycles. The van der Waals surface area contributed by atoms with Crippen molar-refractivity contribution in [2.75, 3.05) is 54.0 Å². The molecule has 1 aromatic carbocycles. The first-order valence-corrected chi connectivity index (χ1v) is 11.5. The summed E-state index contributed by atoms with van der Waals surface area (Å²) in [4.78, 5) is 13.8. The Morgan fingerprint density at radius 2 is 2.10 bits per heavy atom. The van der Waals surface area contributed by atoms with Gasteiger partial charge in [0, 0.05) is 30.6 Å². The molecule has 1 aliphatic heterocycles. The molecule has 170 valence electrons. The van der Waals surface area contributed by atoms with Gasteiger partial charge in [-0.1, -0.05) is 25.1 Å². The van der Waals surface area contributed by atoms with Gasteiger partial charge in [-0.05, 0) is 38.7 Å². The number of hydrogen-bond donors (Lipinski definition) is 3. The molecule has 1 amide bonds. The molecule has 2 rings (SSSR count). The van der Waals surface area contributed by atoms with Gasteiger partial charge in [0.1, 0.15) is 5.75 Å². The first-order chi connectivity index (χ1) is 14.3. The van der Waals surface area contributed by atoms with E-state index in [4.69, 9.17) is 9.47 Å². The average Bonchev–Trinajstić information content (AvgIpc) is 2.73. The standard InChI is InChI=1S/C24H41N3O3/c1-6-23(2)19-24(13-17-30-23,20-10-7-8-11-21(20)29-5)12-15-26-22(28)18-25-14-9-16-27(3)4/h7-8,10-11,25H,6,9,12-19H2,1-5H3,(H,26,28)/p+2/t23-,24+/m0/s1. The van der Waals surface area contributed by atoms with Crippen molar-refractivity contribution >= 4 is 5.91 Å². The summed E-state index contributed by atoms with van der Waals surface area (Å²) >= 11 is 0. The molecule has 6 heteroatoms. The Morgan fingerprint density at radius 3 is 2.80 bits per heavy atom. The molecular formula is C24H43N3O3+2. The first-order valence-electron chi connectivity index (χ1n) is 11.5. The number of rotatable bonds is 12. The van der Waals surface area contributed by atoms with Gasteiger partial charge >= 0.3 is 0 Å². The van der Waals surface area contributed by atoms with Crippen molar-refractivity contribution in [3.05, 3.63) is 29.8 Å². The Labute approximate surface area is 182 Å². The summed E-state index contributed by atoms with van der Waals surface area (Å²) < 4.78 is 11.9. The highest BCUT2D eigenvalue weighted by Crippen LogP contribution is 2.47. The van der Waals surface area contributed by atoms with Crippen molar-refractivity contribution in [2.45, 2.75) is 57.0 Å². The predicted octanol–water partition coefficient (Wildman–Crippen LogP) is 0.516. The molecule has 4 N–H and O–H groups in total. The predicted molar refractivity (Wildman–Crippen MR) is 120 cm³/mol. The lowest BCUT2D eigenvalue weighted by molar-refractivity contribution is -0.860. The van der Waals surface area contributed by atoms with Gasteiger partial charge in [-0.25, -0.2) is 0 Å². The van der Waals surface area contributed by atoms with E-state index in [0.29, 0.717) is 13.1 Å². The molecule has 30 heavy (non-hydrogen) atoms. The third-order valence-corrected chi connectivity index (χ3v) is 6.51. The average molecular weight is 422 g/mol. The Bertz CT molecular complexity index is 667. The number of carbonyl (C=O) groups excluding carboxylic acids is 1. The zero-order chi connectivity index (χ0) is 22.0. The smallest absolute Gasteiger partial charge is 0.275 e. The highest BCUT2D eigenvalue weighted by Gasteiger charge is 2.44. The topological polar surface area (TPSA) is 68.6 Å². The van der Waals surface area contributed by atoms with Crippen LogP contribution in [0.5, 0.6) is 5.75 Å². The maximum absolute atomic E-state index is 12.3. The van der Waals surface area contributed by atoms with E-state index in [1.165, 1.54) is 10.5 Å². The SMILES string of the molecule is CC[C@@]1(C)C[C@](CCNC(=O)C[NH2+]CCC[NH+](C)C)(c2ccccc2OC)CCO1. The van der Waals surface area contributed by atoms with Crippen LogP contribution in [0.15, 0.2) is 24.3 Å². The number of para-hydroxylation sites is 1. The van der Waals surface area contributed by atoms with Gasteiger partial charge in [0.25, 0.3) is 5.91 Å². The van der Waals surface area contributed by atoms with Crippen molar-refractivity contribution in [3.63, 3.8) is 0 Å². The zero-order valence-electron chi connectivity index (χ0n) is 19.7. The molecule has 0 saturated carbocycles. The van der Waals surface area contributed by atoms with Crippen LogP contribution in [0.2, 0.25) is 0 Å². The molecule has 1 aromatic rings. The summed E-state index contributed by atoms with van der Waals surface area (Å²) in [6.45, 7) is 8.44. The van der Waals surface area contributed by atoms with Crippen molar-refractivity contribution < 1.29 is 24.5 Å². The van der Waals surface area contributed by atoms with Gasteiger partial charge < -0.3 is 25.0 Å². The Kier molecular flexibility index (Phi) is 9.59. The van der Waals surface area contributed by atoms with E-state index >= 15 is 0 Å². The van der Waals surface area contributed by atoms with Gasteiger partial charge in [0.05, 0.1) is 39.9 Å². The monoisotopic (exact) mass is 421 g/mol. The van der Waals surface area contributed by atoms with Crippen molar-refractivity contribution in [1.29, 1.82) is 0 Å². The fraction of sp³-hybridized carbons (Fsp3) is 0.708. The van der Waals surface area contributed by atoms with Crippen molar-refractivity contribution in [2.24, 2.45) is 0 Å². The molecule has 1 saturated heterocycles. The van der Waals surface area contributed by atoms with Gasteiger partial charge in [0.2, 0.25) is 0 Å². The summed E-state index contributed by atoms with van der Waals surface area (Å²) in [5.74, 6) is 1.05. The van der Waals surface area contributed by atoms with Crippen LogP contribution in [0, 0.1) is 0 Å². The maximum Gasteiger partial charge on any atom is 0.275 e. The molecule has 0 unspecified atom stereocenters. The lowest BCUT2D eigenvalue weighted by Gasteiger charge is -2.47. The number of amides is 1. The second-order valence-corrected chi connectivity index (χ2v) is 9.25. The van der Waals surface area contributed by atoms with Gasteiger partial charge in [0.15, 0.2) is 6.54 Å². The molecule has 1 heterocycles. The van der Waals surface area contributed by atoms with Gasteiger partial charge in [-0.15, -0.1) is 0 Å². The minimum atomic E-state index is -0.148.